The second kappa shape index (κ2) is 6.72. The number of carbonyl (C=O) groups excluding carboxylic acids is 1. The Hall–Kier alpha value is -1.60. The third-order valence-corrected chi connectivity index (χ3v) is 4.93. The van der Waals surface area contributed by atoms with Gasteiger partial charge in [0.25, 0.3) is 0 Å². The molecule has 1 amide bonds. The van der Waals surface area contributed by atoms with Crippen molar-refractivity contribution >= 4 is 11.6 Å². The molecule has 7 heteroatoms. The van der Waals surface area contributed by atoms with E-state index in [2.05, 4.69) is 4.90 Å². The number of aliphatic hydroxyl groups is 1. The summed E-state index contributed by atoms with van der Waals surface area (Å²) in [5, 5.41) is 9.33. The third kappa shape index (κ3) is 3.42. The number of piperidine rings is 1. The zero-order valence-corrected chi connectivity index (χ0v) is 13.3. The summed E-state index contributed by atoms with van der Waals surface area (Å²) in [6.45, 7) is 2.16. The van der Waals surface area contributed by atoms with E-state index in [0.717, 1.165) is 31.5 Å². The number of aliphatic hydroxyl groups excluding tert-OH is 1. The molecule has 2 unspecified atom stereocenters. The van der Waals surface area contributed by atoms with Crippen molar-refractivity contribution in [2.75, 3.05) is 31.1 Å². The van der Waals surface area contributed by atoms with Gasteiger partial charge in [0, 0.05) is 25.4 Å². The number of alkyl halides is 3. The minimum Gasteiger partial charge on any atom is -0.396 e. The van der Waals surface area contributed by atoms with Crippen molar-refractivity contribution in [2.45, 2.75) is 31.5 Å². The lowest BCUT2D eigenvalue weighted by atomic mass is 9.97. The Bertz CT molecular complexity index is 588. The Balaban J connectivity index is 1.70. The van der Waals surface area contributed by atoms with Crippen LogP contribution in [0.4, 0.5) is 18.9 Å². The van der Waals surface area contributed by atoms with Crippen LogP contribution < -0.4 is 4.90 Å². The topological polar surface area (TPSA) is 43.8 Å². The smallest absolute Gasteiger partial charge is 0.396 e. The van der Waals surface area contributed by atoms with Gasteiger partial charge in [-0.15, -0.1) is 0 Å². The molecule has 2 heterocycles. The molecule has 4 nitrogen and oxygen atoms in total. The summed E-state index contributed by atoms with van der Waals surface area (Å²) in [5.41, 5.74) is -0.206. The predicted octanol–water partition coefficient (Wildman–Crippen LogP) is 2.52. The van der Waals surface area contributed by atoms with Crippen LogP contribution >= 0.6 is 0 Å². The number of amides is 1. The molecule has 0 spiro atoms. The van der Waals surface area contributed by atoms with E-state index in [0.29, 0.717) is 25.2 Å². The first-order chi connectivity index (χ1) is 11.4. The van der Waals surface area contributed by atoms with Crippen LogP contribution in [0, 0.1) is 5.92 Å². The fourth-order valence-electron chi connectivity index (χ4n) is 3.62. The van der Waals surface area contributed by atoms with Crippen LogP contribution in [-0.4, -0.2) is 48.2 Å². The van der Waals surface area contributed by atoms with Crippen LogP contribution in [0.1, 0.15) is 24.8 Å². The van der Waals surface area contributed by atoms with Crippen molar-refractivity contribution in [1.29, 1.82) is 0 Å². The van der Waals surface area contributed by atoms with E-state index < -0.39 is 11.7 Å². The van der Waals surface area contributed by atoms with E-state index in [1.165, 1.54) is 12.1 Å². The number of carbonyl (C=O) groups is 1. The quantitative estimate of drug-likeness (QED) is 0.918. The van der Waals surface area contributed by atoms with E-state index in [1.54, 1.807) is 4.90 Å². The first-order valence-electron chi connectivity index (χ1n) is 8.23. The molecule has 3 rings (SSSR count). The molecule has 1 aromatic rings. The zero-order chi connectivity index (χ0) is 17.3. The minimum absolute atomic E-state index is 0.0617. The molecular formula is C17H21F3N2O2. The second-order valence-electron chi connectivity index (χ2n) is 6.52. The highest BCUT2D eigenvalue weighted by atomic mass is 19.4. The lowest BCUT2D eigenvalue weighted by molar-refractivity contribution is -0.137. The van der Waals surface area contributed by atoms with Gasteiger partial charge in [0.15, 0.2) is 0 Å². The Morgan fingerprint density at radius 2 is 1.83 bits per heavy atom. The van der Waals surface area contributed by atoms with Gasteiger partial charge in [-0.3, -0.25) is 9.69 Å². The molecule has 0 aliphatic carbocycles. The Labute approximate surface area is 138 Å². The molecule has 1 N–H and O–H groups in total. The van der Waals surface area contributed by atoms with Crippen molar-refractivity contribution in [1.82, 2.24) is 4.90 Å². The predicted molar refractivity (Wildman–Crippen MR) is 83.6 cm³/mol. The van der Waals surface area contributed by atoms with Gasteiger partial charge >= 0.3 is 6.18 Å². The third-order valence-electron chi connectivity index (χ3n) is 4.93. The average molecular weight is 342 g/mol. The molecule has 0 radical (unpaired) electrons. The van der Waals surface area contributed by atoms with Gasteiger partial charge in [0.2, 0.25) is 5.91 Å². The lowest BCUT2D eigenvalue weighted by Gasteiger charge is -2.35. The summed E-state index contributed by atoms with van der Waals surface area (Å²) in [6.07, 6.45) is -1.78. The van der Waals surface area contributed by atoms with Crippen molar-refractivity contribution < 1.29 is 23.1 Å². The summed E-state index contributed by atoms with van der Waals surface area (Å²) >= 11 is 0. The van der Waals surface area contributed by atoms with Gasteiger partial charge in [0.1, 0.15) is 0 Å². The molecule has 2 aliphatic heterocycles. The second-order valence-corrected chi connectivity index (χ2v) is 6.52. The van der Waals surface area contributed by atoms with E-state index in [4.69, 9.17) is 0 Å². The van der Waals surface area contributed by atoms with E-state index in [1.807, 2.05) is 0 Å². The Morgan fingerprint density at radius 3 is 2.46 bits per heavy atom. The number of anilines is 1. The van der Waals surface area contributed by atoms with Crippen molar-refractivity contribution in [2.24, 2.45) is 5.92 Å². The summed E-state index contributed by atoms with van der Waals surface area (Å²) in [6, 6.07) is 4.50. The molecule has 132 valence electrons. The van der Waals surface area contributed by atoms with Crippen LogP contribution in [0.15, 0.2) is 24.3 Å². The van der Waals surface area contributed by atoms with Crippen molar-refractivity contribution in [3.05, 3.63) is 29.8 Å². The molecule has 24 heavy (non-hydrogen) atoms. The largest absolute Gasteiger partial charge is 0.416 e. The monoisotopic (exact) mass is 342 g/mol. The van der Waals surface area contributed by atoms with E-state index in [-0.39, 0.29) is 24.5 Å². The summed E-state index contributed by atoms with van der Waals surface area (Å²) in [7, 11) is 0. The Kier molecular flexibility index (Phi) is 4.83. The summed E-state index contributed by atoms with van der Waals surface area (Å²) in [4.78, 5) is 16.4. The maximum absolute atomic E-state index is 12.7. The van der Waals surface area contributed by atoms with Crippen LogP contribution in [-0.2, 0) is 11.0 Å². The number of benzene rings is 1. The van der Waals surface area contributed by atoms with E-state index in [9.17, 15) is 23.1 Å². The molecule has 1 aromatic carbocycles. The number of hydrogen-bond donors (Lipinski definition) is 1. The molecular weight excluding hydrogens is 321 g/mol. The maximum atomic E-state index is 12.7. The number of halogens is 3. The highest BCUT2D eigenvalue weighted by Gasteiger charge is 2.38. The molecule has 0 bridgehead atoms. The van der Waals surface area contributed by atoms with Crippen LogP contribution in [0.25, 0.3) is 0 Å². The van der Waals surface area contributed by atoms with Crippen LogP contribution in [0.3, 0.4) is 0 Å². The van der Waals surface area contributed by atoms with Crippen LogP contribution in [0.5, 0.6) is 0 Å². The number of nitrogens with zero attached hydrogens (tertiary/aromatic N) is 2. The fraction of sp³-hybridized carbons (Fsp3) is 0.588. The van der Waals surface area contributed by atoms with Crippen molar-refractivity contribution in [3.8, 4) is 0 Å². The van der Waals surface area contributed by atoms with E-state index >= 15 is 0 Å². The lowest BCUT2D eigenvalue weighted by Crippen LogP contribution is -2.47. The van der Waals surface area contributed by atoms with Gasteiger partial charge in [0.05, 0.1) is 11.6 Å². The SMILES string of the molecule is O=C1C(N2CCCC(CO)C2)CCN1c1ccc(C(F)(F)F)cc1. The number of rotatable bonds is 3. The zero-order valence-electron chi connectivity index (χ0n) is 13.3. The normalized spacial score (nSPS) is 26.2. The summed E-state index contributed by atoms with van der Waals surface area (Å²) < 4.78 is 37.9. The average Bonchev–Trinajstić information content (AvgIpc) is 2.96. The maximum Gasteiger partial charge on any atom is 0.416 e. The van der Waals surface area contributed by atoms with Gasteiger partial charge in [-0.1, -0.05) is 0 Å². The molecule has 2 saturated heterocycles. The van der Waals surface area contributed by atoms with Gasteiger partial charge < -0.3 is 10.0 Å². The molecule has 2 atom stereocenters. The van der Waals surface area contributed by atoms with Crippen molar-refractivity contribution in [3.63, 3.8) is 0 Å². The van der Waals surface area contributed by atoms with Gasteiger partial charge in [-0.2, -0.15) is 13.2 Å². The van der Waals surface area contributed by atoms with Gasteiger partial charge in [-0.05, 0) is 56.0 Å². The number of likely N-dealkylation sites (tertiary alicyclic amines) is 1. The Morgan fingerprint density at radius 1 is 1.12 bits per heavy atom. The summed E-state index contributed by atoms with van der Waals surface area (Å²) in [5.74, 6) is 0.139. The highest BCUT2D eigenvalue weighted by molar-refractivity contribution is 5.99. The molecule has 2 fully saturated rings. The molecule has 0 aromatic heterocycles. The fourth-order valence-corrected chi connectivity index (χ4v) is 3.62. The molecule has 2 aliphatic rings. The number of hydrogen-bond acceptors (Lipinski definition) is 3. The standard InChI is InChI=1S/C17H21F3N2O2/c18-17(19,20)13-3-5-14(6-4-13)22-9-7-15(16(22)24)21-8-1-2-12(10-21)11-23/h3-6,12,15,23H,1-2,7-11H2. The van der Waals surface area contributed by atoms with Crippen LogP contribution in [0.2, 0.25) is 0 Å². The first kappa shape index (κ1) is 17.2. The van der Waals surface area contributed by atoms with Gasteiger partial charge in [-0.25, -0.2) is 0 Å². The minimum atomic E-state index is -4.37. The highest BCUT2D eigenvalue weighted by Crippen LogP contribution is 2.32. The molecule has 0 saturated carbocycles. The first-order valence-corrected chi connectivity index (χ1v) is 8.23.